The highest BCUT2D eigenvalue weighted by atomic mass is 16.2. The maximum absolute atomic E-state index is 12.5. The van der Waals surface area contributed by atoms with Gasteiger partial charge in [-0.2, -0.15) is 5.26 Å². The van der Waals surface area contributed by atoms with E-state index in [1.807, 2.05) is 56.3 Å². The molecule has 0 saturated carbocycles. The van der Waals surface area contributed by atoms with Crippen molar-refractivity contribution in [3.63, 3.8) is 0 Å². The molecule has 1 amide bonds. The Kier molecular flexibility index (Phi) is 4.37. The van der Waals surface area contributed by atoms with Crippen LogP contribution in [0.25, 0.3) is 10.8 Å². The molecule has 3 heteroatoms. The lowest BCUT2D eigenvalue weighted by Crippen LogP contribution is -2.34. The molecule has 0 radical (unpaired) electrons. The molecule has 0 aliphatic heterocycles. The molecule has 0 heterocycles. The van der Waals surface area contributed by atoms with E-state index in [0.29, 0.717) is 18.7 Å². The topological polar surface area (TPSA) is 44.1 Å². The zero-order valence-corrected chi connectivity index (χ0v) is 11.8. The van der Waals surface area contributed by atoms with Crippen molar-refractivity contribution in [1.29, 1.82) is 5.26 Å². The number of carbonyl (C=O) groups excluding carboxylic acids is 1. The van der Waals surface area contributed by atoms with Crippen molar-refractivity contribution in [2.24, 2.45) is 5.92 Å². The Hall–Kier alpha value is -2.34. The minimum atomic E-state index is -0.153. The van der Waals surface area contributed by atoms with Crippen LogP contribution >= 0.6 is 0 Å². The molecule has 1 unspecified atom stereocenters. The minimum absolute atomic E-state index is 0.0136. The van der Waals surface area contributed by atoms with Crippen molar-refractivity contribution in [2.75, 3.05) is 13.1 Å². The molecule has 0 fully saturated rings. The predicted molar refractivity (Wildman–Crippen MR) is 80.3 cm³/mol. The molecule has 0 aliphatic carbocycles. The average molecular weight is 266 g/mol. The van der Waals surface area contributed by atoms with Gasteiger partial charge in [0, 0.05) is 18.7 Å². The third kappa shape index (κ3) is 2.97. The first-order chi connectivity index (χ1) is 9.65. The summed E-state index contributed by atoms with van der Waals surface area (Å²) in [5, 5.41) is 11.1. The lowest BCUT2D eigenvalue weighted by Gasteiger charge is -2.22. The first-order valence-electron chi connectivity index (χ1n) is 6.83. The third-order valence-electron chi connectivity index (χ3n) is 3.38. The minimum Gasteiger partial charge on any atom is -0.338 e. The Morgan fingerprint density at radius 2 is 1.95 bits per heavy atom. The van der Waals surface area contributed by atoms with Crippen molar-refractivity contribution in [3.05, 3.63) is 48.0 Å². The van der Waals surface area contributed by atoms with Crippen LogP contribution in [0.15, 0.2) is 42.5 Å². The fraction of sp³-hybridized carbons (Fsp3) is 0.294. The highest BCUT2D eigenvalue weighted by Crippen LogP contribution is 2.17. The lowest BCUT2D eigenvalue weighted by molar-refractivity contribution is 0.0753. The van der Waals surface area contributed by atoms with Crippen LogP contribution in [0.3, 0.4) is 0 Å². The maximum Gasteiger partial charge on any atom is 0.253 e. The lowest BCUT2D eigenvalue weighted by atomic mass is 10.1. The molecule has 2 aromatic carbocycles. The summed E-state index contributed by atoms with van der Waals surface area (Å²) in [6, 6.07) is 15.9. The molecule has 0 saturated heterocycles. The van der Waals surface area contributed by atoms with Crippen LogP contribution in [0.1, 0.15) is 24.2 Å². The van der Waals surface area contributed by atoms with Gasteiger partial charge in [0.25, 0.3) is 5.91 Å². The Morgan fingerprint density at radius 1 is 1.25 bits per heavy atom. The largest absolute Gasteiger partial charge is 0.338 e. The molecular formula is C17H18N2O. The van der Waals surface area contributed by atoms with Crippen LogP contribution in [0, 0.1) is 17.2 Å². The van der Waals surface area contributed by atoms with Crippen LogP contribution in [-0.4, -0.2) is 23.9 Å². The van der Waals surface area contributed by atoms with Crippen molar-refractivity contribution >= 4 is 16.7 Å². The number of benzene rings is 2. The van der Waals surface area contributed by atoms with Crippen LogP contribution in [-0.2, 0) is 0 Å². The summed E-state index contributed by atoms with van der Waals surface area (Å²) in [5.74, 6) is -0.167. The number of carbonyl (C=O) groups is 1. The number of nitrogens with zero attached hydrogens (tertiary/aromatic N) is 2. The van der Waals surface area contributed by atoms with Crippen LogP contribution in [0.4, 0.5) is 0 Å². The molecule has 0 N–H and O–H groups in total. The second-order valence-corrected chi connectivity index (χ2v) is 4.94. The van der Waals surface area contributed by atoms with Gasteiger partial charge in [-0.1, -0.05) is 30.3 Å². The molecule has 0 aliphatic rings. The number of nitriles is 1. The first kappa shape index (κ1) is 14.1. The SMILES string of the molecule is CCN(CC(C)C#N)C(=O)c1ccc2ccccc2c1. The maximum atomic E-state index is 12.5. The zero-order valence-electron chi connectivity index (χ0n) is 11.8. The molecule has 2 aromatic rings. The van der Waals surface area contributed by atoms with Crippen molar-refractivity contribution < 1.29 is 4.79 Å². The van der Waals surface area contributed by atoms with Gasteiger partial charge in [0.2, 0.25) is 0 Å². The van der Waals surface area contributed by atoms with E-state index in [2.05, 4.69) is 6.07 Å². The van der Waals surface area contributed by atoms with Gasteiger partial charge in [0.15, 0.2) is 0 Å². The van der Waals surface area contributed by atoms with E-state index in [0.717, 1.165) is 10.8 Å². The van der Waals surface area contributed by atoms with Crippen molar-refractivity contribution in [2.45, 2.75) is 13.8 Å². The highest BCUT2D eigenvalue weighted by molar-refractivity contribution is 5.98. The Labute approximate surface area is 119 Å². The quantitative estimate of drug-likeness (QED) is 0.850. The smallest absolute Gasteiger partial charge is 0.253 e. The molecule has 2 rings (SSSR count). The van der Waals surface area contributed by atoms with Gasteiger partial charge in [-0.05, 0) is 36.8 Å². The highest BCUT2D eigenvalue weighted by Gasteiger charge is 2.16. The van der Waals surface area contributed by atoms with Gasteiger partial charge >= 0.3 is 0 Å². The second-order valence-electron chi connectivity index (χ2n) is 4.94. The van der Waals surface area contributed by atoms with Crippen LogP contribution in [0.5, 0.6) is 0 Å². The van der Waals surface area contributed by atoms with Gasteiger partial charge < -0.3 is 4.90 Å². The molecule has 1 atom stereocenters. The van der Waals surface area contributed by atoms with Crippen molar-refractivity contribution in [3.8, 4) is 6.07 Å². The average Bonchev–Trinajstić information content (AvgIpc) is 2.51. The van der Waals surface area contributed by atoms with Crippen molar-refractivity contribution in [1.82, 2.24) is 4.90 Å². The number of amides is 1. The molecule has 20 heavy (non-hydrogen) atoms. The number of hydrogen-bond donors (Lipinski definition) is 0. The summed E-state index contributed by atoms with van der Waals surface area (Å²) in [6.07, 6.45) is 0. The summed E-state index contributed by atoms with van der Waals surface area (Å²) in [4.78, 5) is 14.2. The first-order valence-corrected chi connectivity index (χ1v) is 6.83. The van der Waals surface area contributed by atoms with E-state index >= 15 is 0 Å². The van der Waals surface area contributed by atoms with Gasteiger partial charge in [0.05, 0.1) is 12.0 Å². The van der Waals surface area contributed by atoms with E-state index in [-0.39, 0.29) is 11.8 Å². The number of rotatable bonds is 4. The Balaban J connectivity index is 2.27. The summed E-state index contributed by atoms with van der Waals surface area (Å²) >= 11 is 0. The molecule has 0 spiro atoms. The molecule has 3 nitrogen and oxygen atoms in total. The Morgan fingerprint density at radius 3 is 2.60 bits per heavy atom. The van der Waals surface area contributed by atoms with E-state index in [4.69, 9.17) is 5.26 Å². The normalized spacial score (nSPS) is 11.8. The fourth-order valence-corrected chi connectivity index (χ4v) is 2.23. The third-order valence-corrected chi connectivity index (χ3v) is 3.38. The molecular weight excluding hydrogens is 248 g/mol. The second kappa shape index (κ2) is 6.21. The molecule has 102 valence electrons. The zero-order chi connectivity index (χ0) is 14.5. The summed E-state index contributed by atoms with van der Waals surface area (Å²) in [6.45, 7) is 4.84. The van der Waals surface area contributed by atoms with Gasteiger partial charge in [0.1, 0.15) is 0 Å². The number of fused-ring (bicyclic) bond motifs is 1. The summed E-state index contributed by atoms with van der Waals surface area (Å²) < 4.78 is 0. The van der Waals surface area contributed by atoms with Gasteiger partial charge in [-0.15, -0.1) is 0 Å². The monoisotopic (exact) mass is 266 g/mol. The van der Waals surface area contributed by atoms with Crippen LogP contribution < -0.4 is 0 Å². The summed E-state index contributed by atoms with van der Waals surface area (Å²) in [7, 11) is 0. The van der Waals surface area contributed by atoms with Crippen LogP contribution in [0.2, 0.25) is 0 Å². The Bertz CT molecular complexity index is 657. The predicted octanol–water partition coefficient (Wildman–Crippen LogP) is 3.46. The van der Waals surface area contributed by atoms with E-state index in [1.165, 1.54) is 0 Å². The molecule has 0 aromatic heterocycles. The van der Waals surface area contributed by atoms with Gasteiger partial charge in [-0.3, -0.25) is 4.79 Å². The van der Waals surface area contributed by atoms with E-state index in [1.54, 1.807) is 4.90 Å². The number of hydrogen-bond acceptors (Lipinski definition) is 2. The van der Waals surface area contributed by atoms with Gasteiger partial charge in [-0.25, -0.2) is 0 Å². The summed E-state index contributed by atoms with van der Waals surface area (Å²) in [5.41, 5.74) is 0.677. The standard InChI is InChI=1S/C17H18N2O/c1-3-19(12-13(2)11-18)17(20)16-9-8-14-6-4-5-7-15(14)10-16/h4-10,13H,3,12H2,1-2H3. The van der Waals surface area contributed by atoms with E-state index < -0.39 is 0 Å². The molecule has 0 bridgehead atoms. The van der Waals surface area contributed by atoms with E-state index in [9.17, 15) is 4.79 Å². The fourth-order valence-electron chi connectivity index (χ4n) is 2.23.